The lowest BCUT2D eigenvalue weighted by Gasteiger charge is -2.27. The first-order valence-corrected chi connectivity index (χ1v) is 6.39. The Morgan fingerprint density at radius 1 is 1.44 bits per heavy atom. The third kappa shape index (κ3) is 2.81. The van der Waals surface area contributed by atoms with Crippen LogP contribution in [0.5, 0.6) is 0 Å². The second-order valence-electron chi connectivity index (χ2n) is 5.05. The molecule has 2 fully saturated rings. The Hall–Kier alpha value is -1.14. The molecule has 3 atom stereocenters. The van der Waals surface area contributed by atoms with Gasteiger partial charge in [-0.2, -0.15) is 0 Å². The van der Waals surface area contributed by atoms with Crippen LogP contribution in [0.2, 0.25) is 0 Å². The molecule has 18 heavy (non-hydrogen) atoms. The second-order valence-corrected chi connectivity index (χ2v) is 5.05. The van der Waals surface area contributed by atoms with Gasteiger partial charge in [-0.25, -0.2) is 0 Å². The number of rotatable bonds is 4. The number of hydrogen-bond acceptors (Lipinski definition) is 4. The minimum absolute atomic E-state index is 0.00356. The maximum absolute atomic E-state index is 12.1. The van der Waals surface area contributed by atoms with Gasteiger partial charge in [0.05, 0.1) is 19.3 Å². The van der Waals surface area contributed by atoms with Crippen LogP contribution in [0.25, 0.3) is 0 Å². The molecule has 3 unspecified atom stereocenters. The van der Waals surface area contributed by atoms with Crippen molar-refractivity contribution in [1.29, 1.82) is 0 Å². The van der Waals surface area contributed by atoms with Gasteiger partial charge in [-0.15, -0.1) is 0 Å². The summed E-state index contributed by atoms with van der Waals surface area (Å²) in [4.78, 5) is 24.7. The van der Waals surface area contributed by atoms with E-state index >= 15 is 0 Å². The highest BCUT2D eigenvalue weighted by molar-refractivity contribution is 5.79. The highest BCUT2D eigenvalue weighted by Crippen LogP contribution is 2.20. The van der Waals surface area contributed by atoms with Crippen molar-refractivity contribution in [2.24, 2.45) is 5.92 Å². The summed E-state index contributed by atoms with van der Waals surface area (Å²) in [5, 5.41) is 12.3. The number of nitrogens with zero attached hydrogens (tertiary/aromatic N) is 1. The predicted molar refractivity (Wildman–Crippen MR) is 64.1 cm³/mol. The van der Waals surface area contributed by atoms with Crippen LogP contribution in [0.1, 0.15) is 19.3 Å². The van der Waals surface area contributed by atoms with E-state index in [4.69, 9.17) is 9.84 Å². The smallest absolute Gasteiger partial charge is 0.311 e. The number of carbonyl (C=O) groups excluding carboxylic acids is 1. The topological polar surface area (TPSA) is 78.9 Å². The van der Waals surface area contributed by atoms with E-state index in [2.05, 4.69) is 5.32 Å². The van der Waals surface area contributed by atoms with E-state index in [-0.39, 0.29) is 24.6 Å². The summed E-state index contributed by atoms with van der Waals surface area (Å²) in [7, 11) is 1.67. The molecule has 2 aliphatic heterocycles. The van der Waals surface area contributed by atoms with Gasteiger partial charge < -0.3 is 20.1 Å². The summed E-state index contributed by atoms with van der Waals surface area (Å²) in [6.07, 6.45) is 2.56. The Morgan fingerprint density at radius 3 is 2.83 bits per heavy atom. The third-order valence-electron chi connectivity index (χ3n) is 3.84. The van der Waals surface area contributed by atoms with E-state index in [0.29, 0.717) is 13.0 Å². The number of carboxylic acids is 1. The number of carboxylic acid groups (broad SMARTS) is 1. The zero-order valence-corrected chi connectivity index (χ0v) is 10.6. The van der Waals surface area contributed by atoms with Gasteiger partial charge in [0, 0.05) is 19.5 Å². The molecule has 0 aliphatic carbocycles. The Kier molecular flexibility index (Phi) is 4.19. The molecule has 2 N–H and O–H groups in total. The molecule has 6 nitrogen and oxygen atoms in total. The molecular formula is C12H20N2O4. The summed E-state index contributed by atoms with van der Waals surface area (Å²) in [6.45, 7) is 1.47. The zero-order chi connectivity index (χ0) is 13.1. The molecule has 0 saturated carbocycles. The SMILES string of the molecule is CN(C(=O)CC1CCCN1)C1COCC1C(=O)O. The normalized spacial score (nSPS) is 31.5. The third-order valence-corrected chi connectivity index (χ3v) is 3.84. The Morgan fingerprint density at radius 2 is 2.22 bits per heavy atom. The minimum Gasteiger partial charge on any atom is -0.481 e. The van der Waals surface area contributed by atoms with Crippen LogP contribution >= 0.6 is 0 Å². The summed E-state index contributed by atoms with van der Waals surface area (Å²) in [5.74, 6) is -1.50. The summed E-state index contributed by atoms with van der Waals surface area (Å²) < 4.78 is 5.18. The van der Waals surface area contributed by atoms with E-state index in [9.17, 15) is 9.59 Å². The lowest BCUT2D eigenvalue weighted by Crippen LogP contribution is -2.45. The van der Waals surface area contributed by atoms with Gasteiger partial charge in [0.1, 0.15) is 5.92 Å². The molecule has 2 heterocycles. The molecule has 6 heteroatoms. The predicted octanol–water partition coefficient (Wildman–Crippen LogP) is -0.313. The molecule has 0 spiro atoms. The molecule has 0 bridgehead atoms. The number of carbonyl (C=O) groups is 2. The zero-order valence-electron chi connectivity index (χ0n) is 10.6. The van der Waals surface area contributed by atoms with Crippen LogP contribution in [-0.2, 0) is 14.3 Å². The van der Waals surface area contributed by atoms with Crippen LogP contribution in [0.3, 0.4) is 0 Å². The number of aliphatic carboxylic acids is 1. The molecule has 2 rings (SSSR count). The molecular weight excluding hydrogens is 236 g/mol. The molecule has 0 aromatic rings. The fraction of sp³-hybridized carbons (Fsp3) is 0.833. The van der Waals surface area contributed by atoms with E-state index in [0.717, 1.165) is 19.4 Å². The molecule has 102 valence electrons. The highest BCUT2D eigenvalue weighted by Gasteiger charge is 2.38. The Balaban J connectivity index is 1.90. The molecule has 0 radical (unpaired) electrons. The van der Waals surface area contributed by atoms with Gasteiger partial charge in [0.15, 0.2) is 0 Å². The summed E-state index contributed by atoms with van der Waals surface area (Å²) in [5.41, 5.74) is 0. The van der Waals surface area contributed by atoms with Crippen LogP contribution in [0, 0.1) is 5.92 Å². The van der Waals surface area contributed by atoms with Crippen molar-refractivity contribution in [3.8, 4) is 0 Å². The van der Waals surface area contributed by atoms with Crippen molar-refractivity contribution >= 4 is 11.9 Å². The first-order valence-electron chi connectivity index (χ1n) is 6.39. The van der Waals surface area contributed by atoms with Crippen LogP contribution in [-0.4, -0.2) is 60.8 Å². The van der Waals surface area contributed by atoms with Gasteiger partial charge in [0.2, 0.25) is 5.91 Å². The van der Waals surface area contributed by atoms with Gasteiger partial charge >= 0.3 is 5.97 Å². The largest absolute Gasteiger partial charge is 0.481 e. The number of ether oxygens (including phenoxy) is 1. The monoisotopic (exact) mass is 256 g/mol. The van der Waals surface area contributed by atoms with Crippen LogP contribution < -0.4 is 5.32 Å². The maximum atomic E-state index is 12.1. The van der Waals surface area contributed by atoms with Gasteiger partial charge in [-0.05, 0) is 19.4 Å². The second kappa shape index (κ2) is 5.67. The lowest BCUT2D eigenvalue weighted by molar-refractivity contribution is -0.144. The van der Waals surface area contributed by atoms with Gasteiger partial charge in [-0.1, -0.05) is 0 Å². The quantitative estimate of drug-likeness (QED) is 0.721. The first-order chi connectivity index (χ1) is 8.59. The fourth-order valence-electron chi connectivity index (χ4n) is 2.63. The molecule has 2 aliphatic rings. The van der Waals surface area contributed by atoms with E-state index in [1.54, 1.807) is 11.9 Å². The van der Waals surface area contributed by atoms with Crippen molar-refractivity contribution in [3.63, 3.8) is 0 Å². The van der Waals surface area contributed by atoms with E-state index < -0.39 is 11.9 Å². The standard InChI is InChI=1S/C12H20N2O4/c1-14(10-7-18-6-9(10)12(16)17)11(15)5-8-3-2-4-13-8/h8-10,13H,2-7H2,1H3,(H,16,17). The van der Waals surface area contributed by atoms with Crippen molar-refractivity contribution in [2.75, 3.05) is 26.8 Å². The van der Waals surface area contributed by atoms with Gasteiger partial charge in [-0.3, -0.25) is 9.59 Å². The fourth-order valence-corrected chi connectivity index (χ4v) is 2.63. The average Bonchev–Trinajstić information content (AvgIpc) is 2.97. The molecule has 2 saturated heterocycles. The van der Waals surface area contributed by atoms with Crippen LogP contribution in [0.15, 0.2) is 0 Å². The number of nitrogens with one attached hydrogen (secondary N) is 1. The Bertz CT molecular complexity index is 328. The lowest BCUT2D eigenvalue weighted by atomic mass is 10.0. The van der Waals surface area contributed by atoms with Crippen molar-refractivity contribution < 1.29 is 19.4 Å². The summed E-state index contributed by atoms with van der Waals surface area (Å²) >= 11 is 0. The van der Waals surface area contributed by atoms with E-state index in [1.165, 1.54) is 0 Å². The highest BCUT2D eigenvalue weighted by atomic mass is 16.5. The average molecular weight is 256 g/mol. The molecule has 1 amide bonds. The van der Waals surface area contributed by atoms with E-state index in [1.807, 2.05) is 0 Å². The van der Waals surface area contributed by atoms with Crippen LogP contribution in [0.4, 0.5) is 0 Å². The molecule has 0 aromatic heterocycles. The Labute approximate surface area is 106 Å². The van der Waals surface area contributed by atoms with Crippen molar-refractivity contribution in [3.05, 3.63) is 0 Å². The maximum Gasteiger partial charge on any atom is 0.311 e. The summed E-state index contributed by atoms with van der Waals surface area (Å²) in [6, 6.07) is -0.0954. The molecule has 0 aromatic carbocycles. The first kappa shape index (κ1) is 13.3. The number of amides is 1. The number of likely N-dealkylation sites (N-methyl/N-ethyl adjacent to an activating group) is 1. The van der Waals surface area contributed by atoms with Crippen molar-refractivity contribution in [1.82, 2.24) is 10.2 Å². The number of hydrogen-bond donors (Lipinski definition) is 2. The minimum atomic E-state index is -0.892. The van der Waals surface area contributed by atoms with Crippen molar-refractivity contribution in [2.45, 2.75) is 31.3 Å². The van der Waals surface area contributed by atoms with Gasteiger partial charge in [0.25, 0.3) is 0 Å².